The van der Waals surface area contributed by atoms with E-state index in [0.717, 1.165) is 38.1 Å². The van der Waals surface area contributed by atoms with Crippen molar-refractivity contribution in [1.29, 1.82) is 0 Å². The predicted octanol–water partition coefficient (Wildman–Crippen LogP) is 11.1. The summed E-state index contributed by atoms with van der Waals surface area (Å²) in [6, 6.07) is 0.747. The molecule has 296 valence electrons. The Morgan fingerprint density at radius 3 is 1.26 bits per heavy atom. The molecule has 0 saturated carbocycles. The van der Waals surface area contributed by atoms with Gasteiger partial charge in [-0.05, 0) is 71.1 Å². The number of nitrogens with one attached hydrogen (secondary N) is 2. The third-order valence-electron chi connectivity index (χ3n) is 9.57. The third-order valence-corrected chi connectivity index (χ3v) is 26.1. The van der Waals surface area contributed by atoms with Crippen LogP contribution >= 0.6 is 0 Å². The first-order valence-corrected chi connectivity index (χ1v) is 31.9. The van der Waals surface area contributed by atoms with Crippen LogP contribution in [0.3, 0.4) is 0 Å². The van der Waals surface area contributed by atoms with Gasteiger partial charge < -0.3 is 27.1 Å². The quantitative estimate of drug-likeness (QED) is 0.0580. The molecule has 8 nitrogen and oxygen atoms in total. The van der Waals surface area contributed by atoms with Gasteiger partial charge in [0.15, 0.2) is 0 Å². The maximum absolute atomic E-state index is 13.5. The second-order valence-electron chi connectivity index (χ2n) is 16.5. The molecule has 1 fully saturated rings. The standard InChI is InChI=1S/C38H82N2O6Si4/c1-10-12-14-16-18-20-22-24-26-28-32-39-37(41)35-36(38(42)40-33-29-27-25-23-21-19-17-15-13-11-2)31-30-34-50(9)45-48(5,6)43-47(3,4)44-49(7,8)46-50/h36H,10-35H2,1-9H3,(H,39,41)(H,40,42). The van der Waals surface area contributed by atoms with Gasteiger partial charge in [-0.15, -0.1) is 0 Å². The highest BCUT2D eigenvalue weighted by atomic mass is 28.5. The molecule has 0 radical (unpaired) electrons. The van der Waals surface area contributed by atoms with Crippen LogP contribution in [0.5, 0.6) is 0 Å². The third kappa shape index (κ3) is 24.8. The van der Waals surface area contributed by atoms with Gasteiger partial charge in [0, 0.05) is 25.4 Å². The summed E-state index contributed by atoms with van der Waals surface area (Å²) < 4.78 is 26.6. The van der Waals surface area contributed by atoms with Gasteiger partial charge in [-0.3, -0.25) is 9.59 Å². The van der Waals surface area contributed by atoms with Gasteiger partial charge in [-0.1, -0.05) is 136 Å². The topological polar surface area (TPSA) is 95.1 Å². The van der Waals surface area contributed by atoms with Crippen molar-refractivity contribution in [3.8, 4) is 0 Å². The maximum atomic E-state index is 13.5. The van der Waals surface area contributed by atoms with Crippen molar-refractivity contribution in [2.75, 3.05) is 13.1 Å². The highest BCUT2D eigenvalue weighted by Crippen LogP contribution is 2.34. The molecule has 1 rings (SSSR count). The number of hydrogen-bond donors (Lipinski definition) is 2. The highest BCUT2D eigenvalue weighted by molar-refractivity contribution is 6.93. The lowest BCUT2D eigenvalue weighted by atomic mass is 9.98. The van der Waals surface area contributed by atoms with Crippen LogP contribution in [0.1, 0.15) is 162 Å². The van der Waals surface area contributed by atoms with Crippen molar-refractivity contribution in [2.24, 2.45) is 5.92 Å². The summed E-state index contributed by atoms with van der Waals surface area (Å²) in [6.07, 6.45) is 27.0. The number of amides is 2. The Morgan fingerprint density at radius 1 is 0.480 bits per heavy atom. The zero-order valence-electron chi connectivity index (χ0n) is 34.4. The summed E-state index contributed by atoms with van der Waals surface area (Å²) in [6.45, 7) is 20.5. The molecule has 1 atom stereocenters. The molecular weight excluding hydrogens is 693 g/mol. The van der Waals surface area contributed by atoms with Gasteiger partial charge in [0.05, 0.1) is 0 Å². The monoisotopic (exact) mass is 775 g/mol. The average Bonchev–Trinajstić information content (AvgIpc) is 2.99. The number of hydrogen-bond acceptors (Lipinski definition) is 6. The molecule has 0 aromatic rings. The van der Waals surface area contributed by atoms with E-state index in [9.17, 15) is 9.59 Å². The molecule has 12 heteroatoms. The van der Waals surface area contributed by atoms with E-state index in [4.69, 9.17) is 16.5 Å². The molecular formula is C38H82N2O6Si4. The van der Waals surface area contributed by atoms with E-state index in [1.165, 1.54) is 103 Å². The molecule has 0 aromatic heterocycles. The van der Waals surface area contributed by atoms with Gasteiger partial charge in [0.1, 0.15) is 0 Å². The van der Waals surface area contributed by atoms with Crippen molar-refractivity contribution in [1.82, 2.24) is 10.6 Å². The Labute approximate surface area is 314 Å². The summed E-state index contributed by atoms with van der Waals surface area (Å²) in [5.74, 6) is -0.366. The Kier molecular flexibility index (Phi) is 25.2. The van der Waals surface area contributed by atoms with Crippen LogP contribution in [-0.4, -0.2) is 59.1 Å². The predicted molar refractivity (Wildman–Crippen MR) is 220 cm³/mol. The molecule has 1 unspecified atom stereocenters. The molecule has 0 aromatic carbocycles. The van der Waals surface area contributed by atoms with Crippen LogP contribution in [0.15, 0.2) is 0 Å². The second-order valence-corrected chi connectivity index (χ2v) is 31.0. The normalized spacial score (nSPS) is 18.6. The summed E-state index contributed by atoms with van der Waals surface area (Å²) in [5.41, 5.74) is 0. The number of rotatable bonds is 29. The minimum absolute atomic E-state index is 0.00478. The summed E-state index contributed by atoms with van der Waals surface area (Å²) in [7, 11) is -9.91. The smallest absolute Gasteiger partial charge is 0.317 e. The van der Waals surface area contributed by atoms with Crippen molar-refractivity contribution >= 4 is 46.1 Å². The Balaban J connectivity index is 2.61. The van der Waals surface area contributed by atoms with E-state index in [1.807, 2.05) is 0 Å². The number of carbonyl (C=O) groups is 2. The average molecular weight is 775 g/mol. The van der Waals surface area contributed by atoms with Crippen LogP contribution in [0.25, 0.3) is 0 Å². The van der Waals surface area contributed by atoms with Crippen LogP contribution in [0.2, 0.25) is 51.9 Å². The van der Waals surface area contributed by atoms with Gasteiger partial charge in [-0.2, -0.15) is 0 Å². The molecule has 1 saturated heterocycles. The first-order chi connectivity index (χ1) is 23.6. The van der Waals surface area contributed by atoms with Crippen LogP contribution in [0, 0.1) is 5.92 Å². The summed E-state index contributed by atoms with van der Waals surface area (Å²) in [4.78, 5) is 26.5. The van der Waals surface area contributed by atoms with Crippen molar-refractivity contribution < 1.29 is 26.0 Å². The van der Waals surface area contributed by atoms with E-state index in [2.05, 4.69) is 70.3 Å². The van der Waals surface area contributed by atoms with E-state index >= 15 is 0 Å². The number of unbranched alkanes of at least 4 members (excludes halogenated alkanes) is 18. The maximum Gasteiger partial charge on any atom is 0.317 e. The minimum Gasteiger partial charge on any atom is -0.416 e. The lowest BCUT2D eigenvalue weighted by Gasteiger charge is -2.47. The van der Waals surface area contributed by atoms with E-state index in [0.29, 0.717) is 19.5 Å². The van der Waals surface area contributed by atoms with Gasteiger partial charge >= 0.3 is 34.2 Å². The fourth-order valence-electron chi connectivity index (χ4n) is 7.51. The molecule has 2 amide bonds. The van der Waals surface area contributed by atoms with Crippen LogP contribution in [-0.2, 0) is 26.0 Å². The van der Waals surface area contributed by atoms with E-state index in [1.54, 1.807) is 0 Å². The largest absolute Gasteiger partial charge is 0.416 e. The van der Waals surface area contributed by atoms with Crippen LogP contribution < -0.4 is 10.6 Å². The molecule has 0 bridgehead atoms. The lowest BCUT2D eigenvalue weighted by molar-refractivity contribution is -0.130. The molecule has 0 aliphatic carbocycles. The van der Waals surface area contributed by atoms with E-state index in [-0.39, 0.29) is 24.2 Å². The first kappa shape index (κ1) is 47.7. The minimum atomic E-state index is -2.64. The van der Waals surface area contributed by atoms with Crippen molar-refractivity contribution in [3.05, 3.63) is 0 Å². The highest BCUT2D eigenvalue weighted by Gasteiger charge is 2.52. The fraction of sp³-hybridized carbons (Fsp3) is 0.947. The summed E-state index contributed by atoms with van der Waals surface area (Å²) in [5, 5.41) is 6.30. The Hall–Kier alpha value is -0.352. The van der Waals surface area contributed by atoms with Crippen molar-refractivity contribution in [2.45, 2.75) is 213 Å². The molecule has 1 heterocycles. The second kappa shape index (κ2) is 26.4. The Bertz CT molecular complexity index is 887. The molecule has 0 spiro atoms. The van der Waals surface area contributed by atoms with E-state index < -0.39 is 34.2 Å². The Morgan fingerprint density at radius 2 is 0.840 bits per heavy atom. The SMILES string of the molecule is CCCCCCCCCCCCNC(=O)CC(CCC[Si]1(C)O[Si](C)(C)O[Si](C)(C)O[Si](C)(C)O1)C(=O)NCCCCCCCCCCCC. The zero-order chi connectivity index (χ0) is 37.4. The molecule has 1 aliphatic heterocycles. The molecule has 1 aliphatic rings. The van der Waals surface area contributed by atoms with Gasteiger partial charge in [0.25, 0.3) is 0 Å². The van der Waals surface area contributed by atoms with Gasteiger partial charge in [0.2, 0.25) is 11.8 Å². The fourth-order valence-corrected chi connectivity index (χ4v) is 29.1. The zero-order valence-corrected chi connectivity index (χ0v) is 38.4. The van der Waals surface area contributed by atoms with Crippen molar-refractivity contribution in [3.63, 3.8) is 0 Å². The number of carbonyl (C=O) groups excluding carboxylic acids is 2. The lowest BCUT2D eigenvalue weighted by Crippen LogP contribution is -2.65. The molecule has 2 N–H and O–H groups in total. The van der Waals surface area contributed by atoms with Gasteiger partial charge in [-0.25, -0.2) is 0 Å². The molecule has 50 heavy (non-hydrogen) atoms. The summed E-state index contributed by atoms with van der Waals surface area (Å²) >= 11 is 0. The van der Waals surface area contributed by atoms with Crippen LogP contribution in [0.4, 0.5) is 0 Å². The first-order valence-electron chi connectivity index (χ1n) is 21.0.